The maximum Gasteiger partial charge on any atom is 0.338 e. The standard InChI is InChI=1S/C24H23NO4/c26-22-13-11-21(12-14-22)24(28)29-18-23(27)25(17-20-9-5-2-6-10-20)16-15-19-7-3-1-4-8-19/h1-14,26H,15-18H2. The van der Waals surface area contributed by atoms with E-state index in [9.17, 15) is 14.7 Å². The minimum Gasteiger partial charge on any atom is -0.508 e. The van der Waals surface area contributed by atoms with E-state index in [-0.39, 0.29) is 23.8 Å². The lowest BCUT2D eigenvalue weighted by Gasteiger charge is -2.23. The second-order valence-corrected chi connectivity index (χ2v) is 6.66. The average molecular weight is 389 g/mol. The maximum atomic E-state index is 12.8. The number of benzene rings is 3. The molecule has 29 heavy (non-hydrogen) atoms. The normalized spacial score (nSPS) is 10.3. The predicted octanol–water partition coefficient (Wildman–Crippen LogP) is 3.82. The molecule has 0 aromatic heterocycles. The van der Waals surface area contributed by atoms with Gasteiger partial charge in [0.05, 0.1) is 5.56 Å². The van der Waals surface area contributed by atoms with E-state index in [4.69, 9.17) is 4.74 Å². The predicted molar refractivity (Wildman–Crippen MR) is 110 cm³/mol. The van der Waals surface area contributed by atoms with Crippen LogP contribution in [-0.2, 0) is 22.5 Å². The van der Waals surface area contributed by atoms with Crippen LogP contribution in [0, 0.1) is 0 Å². The van der Waals surface area contributed by atoms with Crippen LogP contribution in [0.2, 0.25) is 0 Å². The zero-order valence-corrected chi connectivity index (χ0v) is 16.0. The van der Waals surface area contributed by atoms with Crippen molar-refractivity contribution in [2.45, 2.75) is 13.0 Å². The van der Waals surface area contributed by atoms with E-state index in [2.05, 4.69) is 0 Å². The molecule has 1 N–H and O–H groups in total. The molecule has 3 aromatic carbocycles. The van der Waals surface area contributed by atoms with Crippen molar-refractivity contribution in [1.29, 1.82) is 0 Å². The smallest absolute Gasteiger partial charge is 0.338 e. The Morgan fingerprint density at radius 3 is 2.00 bits per heavy atom. The summed E-state index contributed by atoms with van der Waals surface area (Å²) in [5.74, 6) is -0.787. The molecule has 0 saturated carbocycles. The van der Waals surface area contributed by atoms with Gasteiger partial charge in [-0.3, -0.25) is 4.79 Å². The van der Waals surface area contributed by atoms with Crippen LogP contribution >= 0.6 is 0 Å². The molecule has 0 heterocycles. The van der Waals surface area contributed by atoms with Gasteiger partial charge < -0.3 is 14.7 Å². The minimum absolute atomic E-state index is 0.0626. The Morgan fingerprint density at radius 2 is 1.38 bits per heavy atom. The first kappa shape index (κ1) is 20.1. The van der Waals surface area contributed by atoms with Gasteiger partial charge in [0.2, 0.25) is 0 Å². The number of aromatic hydroxyl groups is 1. The molecule has 0 radical (unpaired) electrons. The van der Waals surface area contributed by atoms with E-state index in [0.717, 1.165) is 11.1 Å². The molecule has 3 aromatic rings. The Kier molecular flexibility index (Phi) is 7.00. The summed E-state index contributed by atoms with van der Waals surface area (Å²) in [6, 6.07) is 25.4. The van der Waals surface area contributed by atoms with E-state index < -0.39 is 5.97 Å². The third-order valence-corrected chi connectivity index (χ3v) is 4.51. The number of phenolic OH excluding ortho intramolecular Hbond substituents is 1. The second kappa shape index (κ2) is 10.1. The molecular weight excluding hydrogens is 366 g/mol. The molecule has 0 aliphatic carbocycles. The zero-order valence-electron chi connectivity index (χ0n) is 16.0. The van der Waals surface area contributed by atoms with E-state index in [0.29, 0.717) is 19.5 Å². The number of amides is 1. The quantitative estimate of drug-likeness (QED) is 0.595. The van der Waals surface area contributed by atoms with Crippen LogP contribution in [0.5, 0.6) is 5.75 Å². The summed E-state index contributed by atoms with van der Waals surface area (Å²) in [4.78, 5) is 26.6. The summed E-state index contributed by atoms with van der Waals surface area (Å²) in [5.41, 5.74) is 2.44. The van der Waals surface area contributed by atoms with Crippen LogP contribution in [0.25, 0.3) is 0 Å². The molecule has 0 bridgehead atoms. The Bertz CT molecular complexity index is 924. The van der Waals surface area contributed by atoms with Gasteiger partial charge in [-0.2, -0.15) is 0 Å². The van der Waals surface area contributed by atoms with Crippen LogP contribution in [0.3, 0.4) is 0 Å². The second-order valence-electron chi connectivity index (χ2n) is 6.66. The summed E-state index contributed by atoms with van der Waals surface area (Å²) in [7, 11) is 0. The molecule has 5 nitrogen and oxygen atoms in total. The Balaban J connectivity index is 1.62. The first-order valence-corrected chi connectivity index (χ1v) is 9.43. The first-order valence-electron chi connectivity index (χ1n) is 9.43. The van der Waals surface area contributed by atoms with Crippen molar-refractivity contribution in [2.75, 3.05) is 13.2 Å². The molecule has 0 atom stereocenters. The van der Waals surface area contributed by atoms with E-state index in [1.54, 1.807) is 4.90 Å². The Morgan fingerprint density at radius 1 is 0.793 bits per heavy atom. The van der Waals surface area contributed by atoms with Gasteiger partial charge in [-0.15, -0.1) is 0 Å². The van der Waals surface area contributed by atoms with Gasteiger partial charge in [0.15, 0.2) is 6.61 Å². The fraction of sp³-hybridized carbons (Fsp3) is 0.167. The van der Waals surface area contributed by atoms with Gasteiger partial charge in [0.1, 0.15) is 5.75 Å². The van der Waals surface area contributed by atoms with Crippen molar-refractivity contribution in [2.24, 2.45) is 0 Å². The highest BCUT2D eigenvalue weighted by Crippen LogP contribution is 2.12. The number of esters is 1. The van der Waals surface area contributed by atoms with Crippen molar-refractivity contribution in [1.82, 2.24) is 4.90 Å². The van der Waals surface area contributed by atoms with Crippen LogP contribution < -0.4 is 0 Å². The molecule has 0 aliphatic rings. The first-order chi connectivity index (χ1) is 14.1. The highest BCUT2D eigenvalue weighted by atomic mass is 16.5. The van der Waals surface area contributed by atoms with Crippen molar-refractivity contribution in [3.63, 3.8) is 0 Å². The number of phenols is 1. The minimum atomic E-state index is -0.596. The molecule has 0 aliphatic heterocycles. The van der Waals surface area contributed by atoms with Gasteiger partial charge >= 0.3 is 5.97 Å². The van der Waals surface area contributed by atoms with Gasteiger partial charge in [-0.05, 0) is 41.8 Å². The SMILES string of the molecule is O=C(OCC(=O)N(CCc1ccccc1)Cc1ccccc1)c1ccc(O)cc1. The number of nitrogens with zero attached hydrogens (tertiary/aromatic N) is 1. The highest BCUT2D eigenvalue weighted by molar-refractivity contribution is 5.91. The summed E-state index contributed by atoms with van der Waals surface area (Å²) in [6.07, 6.45) is 0.714. The molecule has 0 unspecified atom stereocenters. The summed E-state index contributed by atoms with van der Waals surface area (Å²) < 4.78 is 5.19. The fourth-order valence-corrected chi connectivity index (χ4v) is 2.90. The highest BCUT2D eigenvalue weighted by Gasteiger charge is 2.17. The molecule has 1 amide bonds. The molecule has 0 spiro atoms. The molecule has 3 rings (SSSR count). The zero-order chi connectivity index (χ0) is 20.5. The molecule has 5 heteroatoms. The lowest BCUT2D eigenvalue weighted by atomic mass is 10.1. The fourth-order valence-electron chi connectivity index (χ4n) is 2.90. The van der Waals surface area contributed by atoms with Gasteiger partial charge in [-0.1, -0.05) is 60.7 Å². The summed E-state index contributed by atoms with van der Waals surface area (Å²) in [5, 5.41) is 9.31. The van der Waals surface area contributed by atoms with Crippen molar-refractivity contribution in [3.05, 3.63) is 102 Å². The summed E-state index contributed by atoms with van der Waals surface area (Å²) >= 11 is 0. The largest absolute Gasteiger partial charge is 0.508 e. The number of carbonyl (C=O) groups is 2. The van der Waals surface area contributed by atoms with E-state index in [1.165, 1.54) is 24.3 Å². The topological polar surface area (TPSA) is 66.8 Å². The van der Waals surface area contributed by atoms with Gasteiger partial charge in [0.25, 0.3) is 5.91 Å². The Hall–Kier alpha value is -3.60. The monoisotopic (exact) mass is 389 g/mol. The molecule has 148 valence electrons. The van der Waals surface area contributed by atoms with Crippen molar-refractivity contribution < 1.29 is 19.4 Å². The average Bonchev–Trinajstić information content (AvgIpc) is 2.76. The number of hydrogen-bond donors (Lipinski definition) is 1. The number of rotatable bonds is 8. The van der Waals surface area contributed by atoms with Crippen LogP contribution in [0.4, 0.5) is 0 Å². The number of ether oxygens (including phenoxy) is 1. The molecular formula is C24H23NO4. The van der Waals surface area contributed by atoms with Crippen molar-refractivity contribution in [3.8, 4) is 5.75 Å². The van der Waals surface area contributed by atoms with Gasteiger partial charge in [0, 0.05) is 13.1 Å². The number of carbonyl (C=O) groups excluding carboxylic acids is 2. The third-order valence-electron chi connectivity index (χ3n) is 4.51. The third kappa shape index (κ3) is 6.21. The van der Waals surface area contributed by atoms with E-state index >= 15 is 0 Å². The van der Waals surface area contributed by atoms with Gasteiger partial charge in [-0.25, -0.2) is 4.79 Å². The molecule has 0 fully saturated rings. The van der Waals surface area contributed by atoms with Crippen LogP contribution in [-0.4, -0.2) is 35.0 Å². The maximum absolute atomic E-state index is 12.8. The number of hydrogen-bond acceptors (Lipinski definition) is 4. The van der Waals surface area contributed by atoms with Crippen LogP contribution in [0.1, 0.15) is 21.5 Å². The van der Waals surface area contributed by atoms with Crippen molar-refractivity contribution >= 4 is 11.9 Å². The van der Waals surface area contributed by atoms with Crippen LogP contribution in [0.15, 0.2) is 84.9 Å². The lowest BCUT2D eigenvalue weighted by Crippen LogP contribution is -2.35. The lowest BCUT2D eigenvalue weighted by molar-refractivity contribution is -0.135. The molecule has 0 saturated heterocycles. The summed E-state index contributed by atoms with van der Waals surface area (Å²) in [6.45, 7) is 0.638. The van der Waals surface area contributed by atoms with E-state index in [1.807, 2.05) is 60.7 Å². The Labute approximate surface area is 170 Å².